The van der Waals surface area contributed by atoms with Gasteiger partial charge in [0.2, 0.25) is 0 Å². The second-order valence-electron chi connectivity index (χ2n) is 3.53. The van der Waals surface area contributed by atoms with Gasteiger partial charge >= 0.3 is 5.97 Å². The van der Waals surface area contributed by atoms with Crippen LogP contribution in [0, 0.1) is 5.41 Å². The van der Waals surface area contributed by atoms with Crippen LogP contribution in [0.15, 0.2) is 11.8 Å². The summed E-state index contributed by atoms with van der Waals surface area (Å²) in [5.74, 6) is -0.453. The number of carbonyl (C=O) groups excluding carboxylic acids is 1. The molecule has 0 atom stereocenters. The maximum atomic E-state index is 10.8. The van der Waals surface area contributed by atoms with Gasteiger partial charge in [-0.2, -0.15) is 0 Å². The van der Waals surface area contributed by atoms with E-state index >= 15 is 0 Å². The average Bonchev–Trinajstić information content (AvgIpc) is 1.85. The van der Waals surface area contributed by atoms with Crippen LogP contribution in [0.25, 0.3) is 0 Å². The number of aliphatic hydroxyl groups excluding tert-OH is 1. The molecule has 0 rings (SSSR count). The normalized spacial score (nSPS) is 11.8. The first-order chi connectivity index (χ1) is 5.38. The predicted molar refractivity (Wildman–Crippen MR) is 46.8 cm³/mol. The number of carbonyl (C=O) groups is 1. The summed E-state index contributed by atoms with van der Waals surface area (Å²) in [5, 5.41) is 9.34. The minimum absolute atomic E-state index is 0. The van der Waals surface area contributed by atoms with Crippen molar-refractivity contribution in [2.75, 3.05) is 6.61 Å². The maximum absolute atomic E-state index is 10.8. The molecule has 0 saturated heterocycles. The third-order valence-electron chi connectivity index (χ3n) is 1.31. The Bertz CT molecular complexity index is 192. The molecule has 1 N–H and O–H groups in total. The van der Waals surface area contributed by atoms with E-state index in [9.17, 15) is 9.90 Å². The number of ether oxygens (including phenoxy) is 1. The molecule has 0 aliphatic heterocycles. The number of esters is 1. The second-order valence-corrected chi connectivity index (χ2v) is 3.53. The van der Waals surface area contributed by atoms with Gasteiger partial charge in [-0.1, -0.05) is 20.8 Å². The summed E-state index contributed by atoms with van der Waals surface area (Å²) in [4.78, 5) is 10.8. The van der Waals surface area contributed by atoms with Crippen LogP contribution >= 0.6 is 0 Å². The Morgan fingerprint density at radius 3 is 2.23 bits per heavy atom. The van der Waals surface area contributed by atoms with Crippen LogP contribution in [0.1, 0.15) is 27.7 Å². The fourth-order valence-electron chi connectivity index (χ4n) is 0.512. The van der Waals surface area contributed by atoms with Crippen LogP contribution in [0.4, 0.5) is 0 Å². The first kappa shape index (κ1) is 15.0. The fourth-order valence-corrected chi connectivity index (χ4v) is 0.512. The summed E-state index contributed by atoms with van der Waals surface area (Å²) in [6.45, 7) is 7.50. The Labute approximate surface area is 89.6 Å². The summed E-state index contributed by atoms with van der Waals surface area (Å²) in [6, 6.07) is 0. The predicted octanol–water partition coefficient (Wildman–Crippen LogP) is 2.04. The molecular formula is C9H16CuO3. The number of hydrogen-bond acceptors (Lipinski definition) is 3. The van der Waals surface area contributed by atoms with Crippen LogP contribution in [0.2, 0.25) is 0 Å². The average molecular weight is 236 g/mol. The van der Waals surface area contributed by atoms with E-state index in [0.29, 0.717) is 6.61 Å². The van der Waals surface area contributed by atoms with Gasteiger partial charge in [-0.15, -0.1) is 0 Å². The minimum Gasteiger partial charge on any atom is -0.511 e. The van der Waals surface area contributed by atoms with E-state index in [1.54, 1.807) is 6.92 Å². The van der Waals surface area contributed by atoms with E-state index in [1.165, 1.54) is 0 Å². The number of allylic oxidation sites excluding steroid dienone is 1. The Morgan fingerprint density at radius 2 is 1.92 bits per heavy atom. The zero-order valence-electron chi connectivity index (χ0n) is 8.35. The van der Waals surface area contributed by atoms with Gasteiger partial charge < -0.3 is 9.84 Å². The van der Waals surface area contributed by atoms with Crippen molar-refractivity contribution >= 4 is 5.97 Å². The third-order valence-corrected chi connectivity index (χ3v) is 1.31. The van der Waals surface area contributed by atoms with Crippen LogP contribution in [0.5, 0.6) is 0 Å². The van der Waals surface area contributed by atoms with Gasteiger partial charge in [0.15, 0.2) is 0 Å². The molecule has 0 aromatic carbocycles. The number of rotatable bonds is 2. The van der Waals surface area contributed by atoms with E-state index in [-0.39, 0.29) is 22.8 Å². The van der Waals surface area contributed by atoms with Crippen molar-refractivity contribution in [2.45, 2.75) is 27.7 Å². The fraction of sp³-hybridized carbons (Fsp3) is 0.667. The molecule has 13 heavy (non-hydrogen) atoms. The molecule has 0 unspecified atom stereocenters. The van der Waals surface area contributed by atoms with Crippen molar-refractivity contribution in [3.8, 4) is 0 Å². The molecule has 4 heteroatoms. The molecule has 0 amide bonds. The van der Waals surface area contributed by atoms with Crippen LogP contribution in [0.3, 0.4) is 0 Å². The zero-order valence-corrected chi connectivity index (χ0v) is 9.29. The molecule has 3 nitrogen and oxygen atoms in total. The van der Waals surface area contributed by atoms with Gasteiger partial charge in [-0.25, -0.2) is 4.79 Å². The van der Waals surface area contributed by atoms with Crippen LogP contribution in [-0.2, 0) is 26.6 Å². The van der Waals surface area contributed by atoms with E-state index < -0.39 is 11.4 Å². The van der Waals surface area contributed by atoms with Gasteiger partial charge in [-0.3, -0.25) is 0 Å². The largest absolute Gasteiger partial charge is 0.511 e. The maximum Gasteiger partial charge on any atom is 0.334 e. The van der Waals surface area contributed by atoms with Crippen molar-refractivity contribution in [2.24, 2.45) is 5.41 Å². The van der Waals surface area contributed by atoms with E-state index in [0.717, 1.165) is 6.08 Å². The molecule has 0 aliphatic rings. The summed E-state index contributed by atoms with van der Waals surface area (Å²) in [7, 11) is 0. The molecule has 0 aromatic rings. The van der Waals surface area contributed by atoms with Crippen molar-refractivity contribution < 1.29 is 31.7 Å². The molecule has 0 heterocycles. The summed E-state index contributed by atoms with van der Waals surface area (Å²) in [5.41, 5.74) is -0.396. The molecule has 81 valence electrons. The van der Waals surface area contributed by atoms with Crippen molar-refractivity contribution in [1.29, 1.82) is 0 Å². The standard InChI is InChI=1S/C9H16O3.Cu/c1-5-12-8(11)6-7(10)9(2,3)4;/h6,10H,5H2,1-4H3;/b7-6-;. The summed E-state index contributed by atoms with van der Waals surface area (Å²) >= 11 is 0. The Balaban J connectivity index is 0. The van der Waals surface area contributed by atoms with Gasteiger partial charge in [0, 0.05) is 22.5 Å². The molecule has 0 bridgehead atoms. The molecule has 0 spiro atoms. The summed E-state index contributed by atoms with van der Waals surface area (Å²) < 4.78 is 4.63. The smallest absolute Gasteiger partial charge is 0.334 e. The van der Waals surface area contributed by atoms with E-state index in [1.807, 2.05) is 20.8 Å². The quantitative estimate of drug-likeness (QED) is 0.345. The first-order valence-electron chi connectivity index (χ1n) is 3.95. The minimum atomic E-state index is -0.495. The zero-order chi connectivity index (χ0) is 9.78. The summed E-state index contributed by atoms with van der Waals surface area (Å²) in [6.07, 6.45) is 1.11. The molecule has 0 fully saturated rings. The molecule has 0 aliphatic carbocycles. The topological polar surface area (TPSA) is 46.5 Å². The Kier molecular flexibility index (Phi) is 7.00. The first-order valence-corrected chi connectivity index (χ1v) is 3.95. The van der Waals surface area contributed by atoms with Gasteiger partial charge in [0.25, 0.3) is 0 Å². The number of hydrogen-bond donors (Lipinski definition) is 1. The van der Waals surface area contributed by atoms with Crippen LogP contribution in [-0.4, -0.2) is 17.7 Å². The molecule has 1 radical (unpaired) electrons. The molecule has 0 saturated carbocycles. The Hall–Kier alpha value is -0.471. The molecule has 0 aromatic heterocycles. The van der Waals surface area contributed by atoms with E-state index in [4.69, 9.17) is 0 Å². The Morgan fingerprint density at radius 1 is 1.46 bits per heavy atom. The second kappa shape index (κ2) is 6.06. The van der Waals surface area contributed by atoms with Crippen LogP contribution < -0.4 is 0 Å². The van der Waals surface area contributed by atoms with Crippen molar-refractivity contribution in [1.82, 2.24) is 0 Å². The van der Waals surface area contributed by atoms with Gasteiger partial charge in [-0.05, 0) is 6.92 Å². The number of aliphatic hydroxyl groups is 1. The SMILES string of the molecule is CCOC(=O)/C=C(\O)C(C)(C)C.[Cu]. The molecular weight excluding hydrogens is 220 g/mol. The third kappa shape index (κ3) is 6.67. The van der Waals surface area contributed by atoms with Crippen molar-refractivity contribution in [3.05, 3.63) is 11.8 Å². The monoisotopic (exact) mass is 235 g/mol. The van der Waals surface area contributed by atoms with E-state index in [2.05, 4.69) is 4.74 Å². The van der Waals surface area contributed by atoms with Crippen molar-refractivity contribution in [3.63, 3.8) is 0 Å². The van der Waals surface area contributed by atoms with Gasteiger partial charge in [0.05, 0.1) is 12.7 Å². The van der Waals surface area contributed by atoms with Gasteiger partial charge in [0.1, 0.15) is 5.76 Å².